The maximum absolute atomic E-state index is 12.2. The van der Waals surface area contributed by atoms with Gasteiger partial charge < -0.3 is 24.8 Å². The average molecular weight is 511 g/mol. The third-order valence-electron chi connectivity index (χ3n) is 5.13. The molecule has 0 unspecified atom stereocenters. The fraction of sp³-hybridized carbons (Fsp3) is 0.222. The molecule has 0 saturated carbocycles. The molecule has 0 aliphatic carbocycles. The summed E-state index contributed by atoms with van der Waals surface area (Å²) in [4.78, 5) is 36.1. The first kappa shape index (κ1) is 26.6. The van der Waals surface area contributed by atoms with E-state index in [0.717, 1.165) is 5.56 Å². The lowest BCUT2D eigenvalue weighted by molar-refractivity contribution is -0.147. The van der Waals surface area contributed by atoms with Gasteiger partial charge in [-0.2, -0.15) is 0 Å². The second kappa shape index (κ2) is 13.2. The Morgan fingerprint density at radius 2 is 1.56 bits per heavy atom. The van der Waals surface area contributed by atoms with E-state index in [1.165, 1.54) is 0 Å². The first-order chi connectivity index (χ1) is 17.4. The lowest BCUT2D eigenvalue weighted by atomic mass is 10.2. The number of benzene rings is 3. The number of hydrogen-bond acceptors (Lipinski definition) is 6. The summed E-state index contributed by atoms with van der Waals surface area (Å²) in [7, 11) is 1.57. The van der Waals surface area contributed by atoms with Crippen LogP contribution in [0, 0.1) is 6.92 Å². The predicted molar refractivity (Wildman–Crippen MR) is 138 cm³/mol. The molecule has 9 heteroatoms. The summed E-state index contributed by atoms with van der Waals surface area (Å²) in [5.41, 5.74) is 1.88. The molecule has 0 aliphatic rings. The summed E-state index contributed by atoms with van der Waals surface area (Å²) in [6, 6.07) is 19.3. The number of methoxy groups -OCH3 is 1. The minimum atomic E-state index is -0.557. The molecule has 0 heterocycles. The van der Waals surface area contributed by atoms with Crippen molar-refractivity contribution in [2.45, 2.75) is 26.2 Å². The van der Waals surface area contributed by atoms with Gasteiger partial charge in [-0.15, -0.1) is 0 Å². The number of esters is 1. The van der Waals surface area contributed by atoms with Crippen LogP contribution in [0.25, 0.3) is 0 Å². The van der Waals surface area contributed by atoms with Gasteiger partial charge in [0.2, 0.25) is 5.91 Å². The summed E-state index contributed by atoms with van der Waals surface area (Å²) < 4.78 is 16.1. The Labute approximate surface area is 214 Å². The number of rotatable bonds is 11. The van der Waals surface area contributed by atoms with E-state index < -0.39 is 18.5 Å². The Morgan fingerprint density at radius 3 is 2.28 bits per heavy atom. The minimum absolute atomic E-state index is 0.0164. The van der Waals surface area contributed by atoms with Gasteiger partial charge >= 0.3 is 5.97 Å². The minimum Gasteiger partial charge on any atom is -0.493 e. The van der Waals surface area contributed by atoms with E-state index in [4.69, 9.17) is 25.8 Å². The van der Waals surface area contributed by atoms with Gasteiger partial charge in [0.05, 0.1) is 7.11 Å². The first-order valence-electron chi connectivity index (χ1n) is 11.3. The first-order valence-corrected chi connectivity index (χ1v) is 11.6. The summed E-state index contributed by atoms with van der Waals surface area (Å²) in [5.74, 6) is 0.527. The van der Waals surface area contributed by atoms with Gasteiger partial charge in [-0.25, -0.2) is 0 Å². The molecule has 2 amide bonds. The molecule has 2 N–H and O–H groups in total. The molecule has 188 valence electrons. The van der Waals surface area contributed by atoms with Gasteiger partial charge in [-0.05, 0) is 67.4 Å². The molecular weight excluding hydrogens is 484 g/mol. The maximum atomic E-state index is 12.2. The van der Waals surface area contributed by atoms with Crippen LogP contribution >= 0.6 is 11.6 Å². The van der Waals surface area contributed by atoms with Crippen LogP contribution in [0.2, 0.25) is 5.02 Å². The van der Waals surface area contributed by atoms with Crippen LogP contribution in [0.4, 0.5) is 11.4 Å². The van der Waals surface area contributed by atoms with Crippen LogP contribution in [0.15, 0.2) is 66.7 Å². The Kier molecular flexibility index (Phi) is 9.71. The lowest BCUT2D eigenvalue weighted by Crippen LogP contribution is -2.21. The van der Waals surface area contributed by atoms with E-state index >= 15 is 0 Å². The van der Waals surface area contributed by atoms with E-state index in [0.29, 0.717) is 33.6 Å². The zero-order valence-electron chi connectivity index (χ0n) is 20.0. The van der Waals surface area contributed by atoms with Gasteiger partial charge in [-0.1, -0.05) is 29.8 Å². The standard InChI is InChI=1S/C27H27ClN2O6/c1-18-21(28)7-5-8-22(18)30-26(32)17-35-27(33)12-6-11-25(31)29-19-13-15-20(16-14-19)36-24-10-4-3-9-23(24)34-2/h3-5,7-10,13-16H,6,11-12,17H2,1-2H3,(H,29,31)(H,30,32). The number of ether oxygens (including phenoxy) is 3. The largest absolute Gasteiger partial charge is 0.493 e. The fourth-order valence-corrected chi connectivity index (χ4v) is 3.38. The van der Waals surface area contributed by atoms with Crippen molar-refractivity contribution in [2.24, 2.45) is 0 Å². The predicted octanol–water partition coefficient (Wildman–Crippen LogP) is 5.74. The summed E-state index contributed by atoms with van der Waals surface area (Å²) in [6.45, 7) is 1.36. The molecule has 3 aromatic rings. The molecule has 0 aromatic heterocycles. The van der Waals surface area contributed by atoms with E-state index in [9.17, 15) is 14.4 Å². The number of carbonyl (C=O) groups is 3. The van der Waals surface area contributed by atoms with Crippen LogP contribution in [-0.4, -0.2) is 31.5 Å². The molecule has 3 rings (SSSR count). The maximum Gasteiger partial charge on any atom is 0.306 e. The average Bonchev–Trinajstić information content (AvgIpc) is 2.87. The number of hydrogen-bond donors (Lipinski definition) is 2. The zero-order chi connectivity index (χ0) is 25.9. The van der Waals surface area contributed by atoms with Crippen molar-refractivity contribution in [1.29, 1.82) is 0 Å². The van der Waals surface area contributed by atoms with Crippen molar-refractivity contribution in [3.8, 4) is 17.2 Å². The van der Waals surface area contributed by atoms with E-state index in [1.807, 2.05) is 12.1 Å². The molecule has 0 fully saturated rings. The zero-order valence-corrected chi connectivity index (χ0v) is 20.8. The topological polar surface area (TPSA) is 103 Å². The third kappa shape index (κ3) is 8.02. The lowest BCUT2D eigenvalue weighted by Gasteiger charge is -2.11. The Hall–Kier alpha value is -4.04. The van der Waals surface area contributed by atoms with Crippen molar-refractivity contribution in [1.82, 2.24) is 0 Å². The van der Waals surface area contributed by atoms with Crippen LogP contribution in [0.5, 0.6) is 17.2 Å². The van der Waals surface area contributed by atoms with Crippen molar-refractivity contribution in [2.75, 3.05) is 24.4 Å². The second-order valence-corrected chi connectivity index (χ2v) is 8.21. The monoisotopic (exact) mass is 510 g/mol. The van der Waals surface area contributed by atoms with Crippen molar-refractivity contribution < 1.29 is 28.6 Å². The van der Waals surface area contributed by atoms with E-state index in [-0.39, 0.29) is 25.2 Å². The number of para-hydroxylation sites is 2. The van der Waals surface area contributed by atoms with Crippen molar-refractivity contribution >= 4 is 40.8 Å². The Bertz CT molecular complexity index is 1210. The highest BCUT2D eigenvalue weighted by molar-refractivity contribution is 6.31. The molecular formula is C27H27ClN2O6. The van der Waals surface area contributed by atoms with Crippen molar-refractivity contribution in [3.05, 3.63) is 77.3 Å². The SMILES string of the molecule is COc1ccccc1Oc1ccc(NC(=O)CCCC(=O)OCC(=O)Nc2cccc(Cl)c2C)cc1. The molecule has 0 saturated heterocycles. The van der Waals surface area contributed by atoms with Gasteiger partial charge in [-0.3, -0.25) is 14.4 Å². The number of carbonyl (C=O) groups excluding carboxylic acids is 3. The van der Waals surface area contributed by atoms with E-state index in [1.54, 1.807) is 68.6 Å². The molecule has 0 radical (unpaired) electrons. The number of amides is 2. The van der Waals surface area contributed by atoms with Crippen LogP contribution in [0.3, 0.4) is 0 Å². The number of anilines is 2. The molecule has 0 spiro atoms. The van der Waals surface area contributed by atoms with Gasteiger partial charge in [0.1, 0.15) is 5.75 Å². The summed E-state index contributed by atoms with van der Waals surface area (Å²) in [5, 5.41) is 5.95. The highest BCUT2D eigenvalue weighted by Crippen LogP contribution is 2.31. The highest BCUT2D eigenvalue weighted by Gasteiger charge is 2.11. The number of nitrogens with one attached hydrogen (secondary N) is 2. The molecule has 3 aromatic carbocycles. The Morgan fingerprint density at radius 1 is 0.833 bits per heavy atom. The molecule has 36 heavy (non-hydrogen) atoms. The van der Waals surface area contributed by atoms with Crippen LogP contribution in [-0.2, 0) is 19.1 Å². The summed E-state index contributed by atoms with van der Waals surface area (Å²) >= 11 is 6.03. The normalized spacial score (nSPS) is 10.3. The van der Waals surface area contributed by atoms with E-state index in [2.05, 4.69) is 10.6 Å². The van der Waals surface area contributed by atoms with Crippen molar-refractivity contribution in [3.63, 3.8) is 0 Å². The summed E-state index contributed by atoms with van der Waals surface area (Å²) in [6.07, 6.45) is 0.430. The van der Waals surface area contributed by atoms with Gasteiger partial charge in [0.15, 0.2) is 18.1 Å². The molecule has 0 atom stereocenters. The molecule has 0 bridgehead atoms. The van der Waals surface area contributed by atoms with Crippen LogP contribution < -0.4 is 20.1 Å². The third-order valence-corrected chi connectivity index (χ3v) is 5.54. The molecule has 8 nitrogen and oxygen atoms in total. The second-order valence-electron chi connectivity index (χ2n) is 7.80. The number of halogens is 1. The van der Waals surface area contributed by atoms with Gasteiger partial charge in [0, 0.05) is 29.2 Å². The van der Waals surface area contributed by atoms with Gasteiger partial charge in [0.25, 0.3) is 5.91 Å². The fourth-order valence-electron chi connectivity index (χ4n) is 3.20. The highest BCUT2D eigenvalue weighted by atomic mass is 35.5. The quantitative estimate of drug-likeness (QED) is 0.319. The molecule has 0 aliphatic heterocycles. The van der Waals surface area contributed by atoms with Crippen LogP contribution in [0.1, 0.15) is 24.8 Å². The Balaban J connectivity index is 1.35. The smallest absolute Gasteiger partial charge is 0.306 e.